The van der Waals surface area contributed by atoms with Crippen LogP contribution in [0.1, 0.15) is 17.6 Å². The maximum Gasteiger partial charge on any atom is 0.247 e. The predicted molar refractivity (Wildman–Crippen MR) is 89.1 cm³/mol. The zero-order chi connectivity index (χ0) is 16.4. The van der Waals surface area contributed by atoms with Gasteiger partial charge in [-0.2, -0.15) is 0 Å². The number of ether oxygens (including phenoxy) is 1. The first-order valence-electron chi connectivity index (χ1n) is 8.12. The van der Waals surface area contributed by atoms with Crippen LogP contribution in [0.3, 0.4) is 0 Å². The largest absolute Gasteiger partial charge is 0.419 e. The minimum absolute atomic E-state index is 0.200. The van der Waals surface area contributed by atoms with Gasteiger partial charge in [-0.05, 0) is 24.3 Å². The smallest absolute Gasteiger partial charge is 0.247 e. The summed E-state index contributed by atoms with van der Waals surface area (Å²) in [6.07, 6.45) is 2.06. The molecule has 0 N–H and O–H groups in total. The van der Waals surface area contributed by atoms with Crippen molar-refractivity contribution < 1.29 is 9.15 Å². The standard InChI is InChI=1S/C18H20N4O2/c1-21-9-5-8-15(21)16-13-23-11-10-22(16)12-17-19-20-18(24-17)14-6-3-2-4-7-14/h2-9,16H,10-13H2,1H3/t16-/m1/s1. The van der Waals surface area contributed by atoms with Crippen LogP contribution in [0.4, 0.5) is 0 Å². The number of aryl methyl sites for hydroxylation is 1. The Balaban J connectivity index is 1.53. The summed E-state index contributed by atoms with van der Waals surface area (Å²) in [6.45, 7) is 2.87. The van der Waals surface area contributed by atoms with Gasteiger partial charge in [0.15, 0.2) is 0 Å². The fourth-order valence-electron chi connectivity index (χ4n) is 3.11. The second-order valence-corrected chi connectivity index (χ2v) is 5.97. The molecule has 1 aliphatic heterocycles. The van der Waals surface area contributed by atoms with Gasteiger partial charge in [-0.15, -0.1) is 10.2 Å². The van der Waals surface area contributed by atoms with Crippen molar-refractivity contribution in [3.05, 3.63) is 60.2 Å². The molecular formula is C18H20N4O2. The summed E-state index contributed by atoms with van der Waals surface area (Å²) >= 11 is 0. The van der Waals surface area contributed by atoms with Gasteiger partial charge in [-0.1, -0.05) is 18.2 Å². The van der Waals surface area contributed by atoms with Crippen LogP contribution in [0.2, 0.25) is 0 Å². The Kier molecular flexibility index (Phi) is 4.15. The summed E-state index contributed by atoms with van der Waals surface area (Å²) in [5, 5.41) is 8.40. The van der Waals surface area contributed by atoms with Crippen molar-refractivity contribution >= 4 is 0 Å². The summed E-state index contributed by atoms with van der Waals surface area (Å²) in [4.78, 5) is 2.33. The Morgan fingerprint density at radius 2 is 2.00 bits per heavy atom. The highest BCUT2D eigenvalue weighted by Crippen LogP contribution is 2.26. The molecule has 1 saturated heterocycles. The number of nitrogens with zero attached hydrogens (tertiary/aromatic N) is 4. The van der Waals surface area contributed by atoms with Crippen LogP contribution in [0.15, 0.2) is 53.1 Å². The van der Waals surface area contributed by atoms with E-state index in [0.29, 0.717) is 24.9 Å². The Labute approximate surface area is 140 Å². The lowest BCUT2D eigenvalue weighted by molar-refractivity contribution is -0.0185. The Hall–Kier alpha value is -2.44. The van der Waals surface area contributed by atoms with Crippen LogP contribution in [-0.4, -0.2) is 39.4 Å². The summed E-state index contributed by atoms with van der Waals surface area (Å²) < 4.78 is 13.7. The summed E-state index contributed by atoms with van der Waals surface area (Å²) in [7, 11) is 2.06. The molecule has 1 fully saturated rings. The van der Waals surface area contributed by atoms with E-state index in [-0.39, 0.29) is 6.04 Å². The highest BCUT2D eigenvalue weighted by atomic mass is 16.5. The molecule has 1 atom stereocenters. The number of hydrogen-bond acceptors (Lipinski definition) is 5. The number of rotatable bonds is 4. The normalized spacial score (nSPS) is 18.8. The number of aromatic nitrogens is 3. The van der Waals surface area contributed by atoms with Crippen LogP contribution in [0.25, 0.3) is 11.5 Å². The second-order valence-electron chi connectivity index (χ2n) is 5.97. The lowest BCUT2D eigenvalue weighted by Crippen LogP contribution is -2.39. The van der Waals surface area contributed by atoms with Crippen molar-refractivity contribution in [2.24, 2.45) is 7.05 Å². The summed E-state index contributed by atoms with van der Waals surface area (Å²) in [5.74, 6) is 1.20. The highest BCUT2D eigenvalue weighted by molar-refractivity contribution is 5.51. The van der Waals surface area contributed by atoms with E-state index in [4.69, 9.17) is 9.15 Å². The molecule has 3 aromatic rings. The van der Waals surface area contributed by atoms with Crippen LogP contribution in [0, 0.1) is 0 Å². The zero-order valence-corrected chi connectivity index (χ0v) is 13.6. The van der Waals surface area contributed by atoms with E-state index < -0.39 is 0 Å². The quantitative estimate of drug-likeness (QED) is 0.738. The molecule has 1 aromatic carbocycles. The van der Waals surface area contributed by atoms with Gasteiger partial charge in [0.2, 0.25) is 11.8 Å². The molecule has 1 aliphatic rings. The molecule has 24 heavy (non-hydrogen) atoms. The molecule has 6 heteroatoms. The lowest BCUT2D eigenvalue weighted by Gasteiger charge is -2.34. The summed E-state index contributed by atoms with van der Waals surface area (Å²) in [5.41, 5.74) is 2.18. The van der Waals surface area contributed by atoms with Crippen molar-refractivity contribution in [2.75, 3.05) is 19.8 Å². The first-order valence-corrected chi connectivity index (χ1v) is 8.12. The third-order valence-electron chi connectivity index (χ3n) is 4.39. The molecule has 124 valence electrons. The van der Waals surface area contributed by atoms with Crippen LogP contribution in [-0.2, 0) is 18.3 Å². The highest BCUT2D eigenvalue weighted by Gasteiger charge is 2.27. The monoisotopic (exact) mass is 324 g/mol. The number of morpholine rings is 1. The van der Waals surface area contributed by atoms with Gasteiger partial charge in [0.05, 0.1) is 25.8 Å². The third-order valence-corrected chi connectivity index (χ3v) is 4.39. The van der Waals surface area contributed by atoms with Gasteiger partial charge in [-0.25, -0.2) is 0 Å². The topological polar surface area (TPSA) is 56.3 Å². The fraction of sp³-hybridized carbons (Fsp3) is 0.333. The first kappa shape index (κ1) is 15.1. The minimum Gasteiger partial charge on any atom is -0.419 e. The molecule has 0 aliphatic carbocycles. The van der Waals surface area contributed by atoms with Gasteiger partial charge < -0.3 is 13.7 Å². The average molecular weight is 324 g/mol. The molecule has 0 saturated carbocycles. The molecule has 0 unspecified atom stereocenters. The van der Waals surface area contributed by atoms with Crippen molar-refractivity contribution in [3.8, 4) is 11.5 Å². The van der Waals surface area contributed by atoms with Crippen LogP contribution in [0.5, 0.6) is 0 Å². The Morgan fingerprint density at radius 3 is 2.79 bits per heavy atom. The molecule has 3 heterocycles. The minimum atomic E-state index is 0.200. The molecule has 4 rings (SSSR count). The van der Waals surface area contributed by atoms with Crippen molar-refractivity contribution in [1.82, 2.24) is 19.7 Å². The van der Waals surface area contributed by atoms with E-state index in [2.05, 4.69) is 45.0 Å². The van der Waals surface area contributed by atoms with E-state index in [1.54, 1.807) is 0 Å². The third kappa shape index (κ3) is 2.98. The van der Waals surface area contributed by atoms with E-state index >= 15 is 0 Å². The van der Waals surface area contributed by atoms with E-state index in [0.717, 1.165) is 18.7 Å². The van der Waals surface area contributed by atoms with Gasteiger partial charge in [0, 0.05) is 31.0 Å². The van der Waals surface area contributed by atoms with Crippen molar-refractivity contribution in [1.29, 1.82) is 0 Å². The van der Waals surface area contributed by atoms with Gasteiger partial charge in [-0.3, -0.25) is 4.90 Å². The van der Waals surface area contributed by atoms with E-state index in [1.165, 1.54) is 5.69 Å². The second kappa shape index (κ2) is 6.59. The molecule has 2 aromatic heterocycles. The van der Waals surface area contributed by atoms with E-state index in [9.17, 15) is 0 Å². The van der Waals surface area contributed by atoms with Crippen LogP contribution >= 0.6 is 0 Å². The zero-order valence-electron chi connectivity index (χ0n) is 13.6. The molecule has 0 amide bonds. The fourth-order valence-corrected chi connectivity index (χ4v) is 3.11. The van der Waals surface area contributed by atoms with Gasteiger partial charge >= 0.3 is 0 Å². The Morgan fingerprint density at radius 1 is 1.12 bits per heavy atom. The Bertz CT molecular complexity index is 796. The maximum absolute atomic E-state index is 5.86. The molecular weight excluding hydrogens is 304 g/mol. The van der Waals surface area contributed by atoms with Crippen molar-refractivity contribution in [2.45, 2.75) is 12.6 Å². The number of hydrogen-bond donors (Lipinski definition) is 0. The van der Waals surface area contributed by atoms with Gasteiger partial charge in [0.1, 0.15) is 0 Å². The average Bonchev–Trinajstić information content (AvgIpc) is 3.25. The lowest BCUT2D eigenvalue weighted by atomic mass is 10.1. The molecule has 6 nitrogen and oxygen atoms in total. The predicted octanol–water partition coefficient (Wildman–Crippen LogP) is 2.65. The van der Waals surface area contributed by atoms with E-state index in [1.807, 2.05) is 30.3 Å². The molecule has 0 bridgehead atoms. The molecule has 0 spiro atoms. The first-order chi connectivity index (χ1) is 11.8. The molecule has 0 radical (unpaired) electrons. The van der Waals surface area contributed by atoms with Crippen molar-refractivity contribution in [3.63, 3.8) is 0 Å². The SMILES string of the molecule is Cn1cccc1[C@H]1COCCN1Cc1nnc(-c2ccccc2)o1. The van der Waals surface area contributed by atoms with Gasteiger partial charge in [0.25, 0.3) is 0 Å². The van der Waals surface area contributed by atoms with Crippen LogP contribution < -0.4 is 0 Å². The summed E-state index contributed by atoms with van der Waals surface area (Å²) in [6, 6.07) is 14.2. The number of benzene rings is 1. The maximum atomic E-state index is 5.86.